The van der Waals surface area contributed by atoms with Gasteiger partial charge in [0.1, 0.15) is 0 Å². The van der Waals surface area contributed by atoms with Crippen molar-refractivity contribution in [2.45, 2.75) is 45.2 Å². The molecule has 0 bridgehead atoms. The molecule has 5 nitrogen and oxygen atoms in total. The number of methoxy groups -OCH3 is 1. The molecule has 1 aliphatic rings. The van der Waals surface area contributed by atoms with Gasteiger partial charge in [-0.1, -0.05) is 0 Å². The van der Waals surface area contributed by atoms with Gasteiger partial charge >= 0.3 is 0 Å². The van der Waals surface area contributed by atoms with Crippen molar-refractivity contribution < 1.29 is 4.74 Å². The van der Waals surface area contributed by atoms with Gasteiger partial charge in [0.25, 0.3) is 11.6 Å². The maximum absolute atomic E-state index is 11.8. The van der Waals surface area contributed by atoms with Crippen molar-refractivity contribution in [1.29, 1.82) is 0 Å². The molecule has 0 aromatic carbocycles. The predicted octanol–water partition coefficient (Wildman–Crippen LogP) is 1.09. The van der Waals surface area contributed by atoms with Crippen LogP contribution in [0.3, 0.4) is 0 Å². The van der Waals surface area contributed by atoms with Crippen molar-refractivity contribution in [3.05, 3.63) is 22.1 Å². The summed E-state index contributed by atoms with van der Waals surface area (Å²) < 4.78 is 6.75. The van der Waals surface area contributed by atoms with E-state index in [1.165, 1.54) is 12.8 Å². The zero-order chi connectivity index (χ0) is 13.0. The number of hydrogen-bond donors (Lipinski definition) is 1. The Morgan fingerprint density at radius 1 is 1.50 bits per heavy atom. The van der Waals surface area contributed by atoms with E-state index in [2.05, 4.69) is 10.3 Å². The first-order chi connectivity index (χ1) is 8.70. The van der Waals surface area contributed by atoms with Crippen LogP contribution < -0.4 is 15.6 Å². The standard InChI is InChI=1S/C13H21N3O2/c1-10-9-12(17)16(13(15-10)18-2)8-4-3-7-14-11-5-6-11/h9,11,14H,3-8H2,1-2H3. The van der Waals surface area contributed by atoms with Crippen LogP contribution in [0.4, 0.5) is 0 Å². The molecule has 0 spiro atoms. The minimum Gasteiger partial charge on any atom is -0.468 e. The van der Waals surface area contributed by atoms with Gasteiger partial charge in [-0.05, 0) is 39.2 Å². The summed E-state index contributed by atoms with van der Waals surface area (Å²) in [5.41, 5.74) is 0.665. The Balaban J connectivity index is 1.85. The molecule has 0 saturated heterocycles. The number of aryl methyl sites for hydroxylation is 1. The van der Waals surface area contributed by atoms with E-state index < -0.39 is 0 Å². The first-order valence-corrected chi connectivity index (χ1v) is 6.56. The summed E-state index contributed by atoms with van der Waals surface area (Å²) in [5.74, 6) is 0. The molecule has 100 valence electrons. The Morgan fingerprint density at radius 2 is 2.28 bits per heavy atom. The van der Waals surface area contributed by atoms with Crippen LogP contribution in [0, 0.1) is 6.92 Å². The minimum atomic E-state index is -0.0329. The van der Waals surface area contributed by atoms with E-state index in [1.54, 1.807) is 24.7 Å². The molecule has 2 rings (SSSR count). The molecule has 0 atom stereocenters. The van der Waals surface area contributed by atoms with E-state index in [9.17, 15) is 4.79 Å². The van der Waals surface area contributed by atoms with Crippen LogP contribution in [0.15, 0.2) is 10.9 Å². The van der Waals surface area contributed by atoms with E-state index >= 15 is 0 Å². The molecule has 1 heterocycles. The average Bonchev–Trinajstić information content (AvgIpc) is 3.14. The molecule has 1 fully saturated rings. The monoisotopic (exact) mass is 251 g/mol. The van der Waals surface area contributed by atoms with E-state index in [0.29, 0.717) is 18.2 Å². The summed E-state index contributed by atoms with van der Waals surface area (Å²) in [6.07, 6.45) is 4.66. The fraction of sp³-hybridized carbons (Fsp3) is 0.692. The highest BCUT2D eigenvalue weighted by Crippen LogP contribution is 2.18. The van der Waals surface area contributed by atoms with Crippen LogP contribution in [0.2, 0.25) is 0 Å². The number of unbranched alkanes of at least 4 members (excludes halogenated alkanes) is 1. The lowest BCUT2D eigenvalue weighted by atomic mass is 10.3. The molecule has 5 heteroatoms. The highest BCUT2D eigenvalue weighted by molar-refractivity contribution is 5.06. The quantitative estimate of drug-likeness (QED) is 0.737. The lowest BCUT2D eigenvalue weighted by Gasteiger charge is -2.10. The summed E-state index contributed by atoms with van der Waals surface area (Å²) in [6.45, 7) is 3.50. The Kier molecular flexibility index (Phi) is 4.36. The third-order valence-electron chi connectivity index (χ3n) is 3.10. The molecule has 0 aliphatic heterocycles. The summed E-state index contributed by atoms with van der Waals surface area (Å²) in [4.78, 5) is 16.0. The molecule has 18 heavy (non-hydrogen) atoms. The lowest BCUT2D eigenvalue weighted by molar-refractivity contribution is 0.341. The normalized spacial score (nSPS) is 14.8. The topological polar surface area (TPSA) is 56.1 Å². The number of hydrogen-bond acceptors (Lipinski definition) is 4. The first kappa shape index (κ1) is 13.1. The van der Waals surface area contributed by atoms with Crippen molar-refractivity contribution in [3.8, 4) is 6.01 Å². The van der Waals surface area contributed by atoms with Crippen molar-refractivity contribution >= 4 is 0 Å². The van der Waals surface area contributed by atoms with Crippen LogP contribution in [0.5, 0.6) is 6.01 Å². The van der Waals surface area contributed by atoms with E-state index in [4.69, 9.17) is 4.74 Å². The zero-order valence-corrected chi connectivity index (χ0v) is 11.1. The first-order valence-electron chi connectivity index (χ1n) is 6.56. The van der Waals surface area contributed by atoms with Gasteiger partial charge in [0.15, 0.2) is 0 Å². The van der Waals surface area contributed by atoms with Gasteiger partial charge in [0, 0.05) is 24.3 Å². The van der Waals surface area contributed by atoms with Gasteiger partial charge in [0.2, 0.25) is 0 Å². The van der Waals surface area contributed by atoms with Crippen LogP contribution in [-0.2, 0) is 6.54 Å². The fourth-order valence-corrected chi connectivity index (χ4v) is 1.94. The third-order valence-corrected chi connectivity index (χ3v) is 3.10. The number of ether oxygens (including phenoxy) is 1. The van der Waals surface area contributed by atoms with Gasteiger partial charge in [0.05, 0.1) is 7.11 Å². The maximum atomic E-state index is 11.8. The van der Waals surface area contributed by atoms with Gasteiger partial charge in [-0.15, -0.1) is 0 Å². The van der Waals surface area contributed by atoms with Crippen molar-refractivity contribution in [1.82, 2.24) is 14.9 Å². The fourth-order valence-electron chi connectivity index (χ4n) is 1.94. The predicted molar refractivity (Wildman–Crippen MR) is 70.0 cm³/mol. The zero-order valence-electron chi connectivity index (χ0n) is 11.1. The summed E-state index contributed by atoms with van der Waals surface area (Å²) in [7, 11) is 1.55. The molecular formula is C13H21N3O2. The second-order valence-electron chi connectivity index (χ2n) is 4.81. The third kappa shape index (κ3) is 3.57. The van der Waals surface area contributed by atoms with Crippen LogP contribution in [-0.4, -0.2) is 29.2 Å². The molecule has 1 saturated carbocycles. The minimum absolute atomic E-state index is 0.0329. The Labute approximate surface area is 107 Å². The number of rotatable bonds is 7. The largest absolute Gasteiger partial charge is 0.468 e. The highest BCUT2D eigenvalue weighted by atomic mass is 16.5. The van der Waals surface area contributed by atoms with Crippen molar-refractivity contribution in [3.63, 3.8) is 0 Å². The Hall–Kier alpha value is -1.36. The van der Waals surface area contributed by atoms with Crippen LogP contribution in [0.25, 0.3) is 0 Å². The highest BCUT2D eigenvalue weighted by Gasteiger charge is 2.19. The second-order valence-corrected chi connectivity index (χ2v) is 4.81. The molecule has 0 unspecified atom stereocenters. The van der Waals surface area contributed by atoms with Crippen molar-refractivity contribution in [2.24, 2.45) is 0 Å². The number of nitrogens with zero attached hydrogens (tertiary/aromatic N) is 2. The molecule has 1 aromatic heterocycles. The smallest absolute Gasteiger partial charge is 0.299 e. The average molecular weight is 251 g/mol. The summed E-state index contributed by atoms with van der Waals surface area (Å²) in [6, 6.07) is 2.71. The molecule has 1 aliphatic carbocycles. The van der Waals surface area contributed by atoms with E-state index in [-0.39, 0.29) is 5.56 Å². The van der Waals surface area contributed by atoms with Crippen molar-refractivity contribution in [2.75, 3.05) is 13.7 Å². The molecular weight excluding hydrogens is 230 g/mol. The molecule has 1 N–H and O–H groups in total. The Morgan fingerprint density at radius 3 is 2.94 bits per heavy atom. The molecule has 0 amide bonds. The van der Waals surface area contributed by atoms with Crippen LogP contribution in [0.1, 0.15) is 31.4 Å². The van der Waals surface area contributed by atoms with E-state index in [0.717, 1.165) is 25.4 Å². The molecule has 0 radical (unpaired) electrons. The van der Waals surface area contributed by atoms with Gasteiger partial charge in [-0.3, -0.25) is 9.36 Å². The number of aromatic nitrogens is 2. The maximum Gasteiger partial charge on any atom is 0.299 e. The Bertz CT molecular complexity index is 452. The lowest BCUT2D eigenvalue weighted by Crippen LogP contribution is -2.24. The van der Waals surface area contributed by atoms with Crippen LogP contribution >= 0.6 is 0 Å². The SMILES string of the molecule is COc1nc(C)cc(=O)n1CCCCNC1CC1. The summed E-state index contributed by atoms with van der Waals surface area (Å²) >= 11 is 0. The number of nitrogens with one attached hydrogen (secondary N) is 1. The summed E-state index contributed by atoms with van der Waals surface area (Å²) in [5, 5.41) is 3.46. The molecule has 1 aromatic rings. The second kappa shape index (κ2) is 6.00. The van der Waals surface area contributed by atoms with Gasteiger partial charge in [-0.2, -0.15) is 0 Å². The van der Waals surface area contributed by atoms with E-state index in [1.807, 2.05) is 0 Å². The van der Waals surface area contributed by atoms with Gasteiger partial charge < -0.3 is 10.1 Å². The van der Waals surface area contributed by atoms with Gasteiger partial charge in [-0.25, -0.2) is 4.98 Å².